The third-order valence-corrected chi connectivity index (χ3v) is 2.79. The lowest BCUT2D eigenvalue weighted by molar-refractivity contribution is 0.104. The van der Waals surface area contributed by atoms with Crippen molar-refractivity contribution in [3.8, 4) is 6.07 Å². The molecule has 0 amide bonds. The van der Waals surface area contributed by atoms with Gasteiger partial charge in [0.15, 0.2) is 0 Å². The first-order valence-electron chi connectivity index (χ1n) is 3.69. The Bertz CT molecular complexity index is 468. The van der Waals surface area contributed by atoms with E-state index >= 15 is 0 Å². The van der Waals surface area contributed by atoms with Crippen molar-refractivity contribution in [1.82, 2.24) is 0 Å². The molecule has 3 heteroatoms. The summed E-state index contributed by atoms with van der Waals surface area (Å²) in [5.41, 5.74) is 1.61. The highest BCUT2D eigenvalue weighted by Gasteiger charge is 2.27. The average molecular weight is 234 g/mol. The van der Waals surface area contributed by atoms with E-state index in [-0.39, 0.29) is 11.4 Å². The molecule has 2 rings (SSSR count). The topological polar surface area (TPSA) is 40.9 Å². The largest absolute Gasteiger partial charge is 0.288 e. The third kappa shape index (κ3) is 1.03. The van der Waals surface area contributed by atoms with Crippen LogP contribution >= 0.6 is 15.9 Å². The molecule has 13 heavy (non-hydrogen) atoms. The van der Waals surface area contributed by atoms with Crippen molar-refractivity contribution in [2.45, 2.75) is 0 Å². The summed E-state index contributed by atoms with van der Waals surface area (Å²) in [7, 11) is 0. The molecule has 0 atom stereocenters. The van der Waals surface area contributed by atoms with E-state index in [0.717, 1.165) is 5.56 Å². The SMILES string of the molecule is N#CC1=C(Br)c2ccccc2C1=O. The second kappa shape index (κ2) is 2.82. The first-order chi connectivity index (χ1) is 6.25. The first-order valence-corrected chi connectivity index (χ1v) is 4.49. The van der Waals surface area contributed by atoms with Gasteiger partial charge in [0.2, 0.25) is 5.78 Å². The number of hydrogen-bond donors (Lipinski definition) is 0. The Labute approximate surface area is 83.6 Å². The Morgan fingerprint density at radius 2 is 1.85 bits per heavy atom. The summed E-state index contributed by atoms with van der Waals surface area (Å²) >= 11 is 3.24. The number of benzene rings is 1. The van der Waals surface area contributed by atoms with E-state index in [4.69, 9.17) is 5.26 Å². The number of carbonyl (C=O) groups is 1. The zero-order valence-corrected chi connectivity index (χ0v) is 8.13. The lowest BCUT2D eigenvalue weighted by atomic mass is 10.1. The van der Waals surface area contributed by atoms with Crippen LogP contribution in [-0.4, -0.2) is 5.78 Å². The van der Waals surface area contributed by atoms with E-state index in [1.165, 1.54) is 0 Å². The van der Waals surface area contributed by atoms with Gasteiger partial charge in [-0.15, -0.1) is 0 Å². The number of allylic oxidation sites excluding steroid dienone is 1. The van der Waals surface area contributed by atoms with Crippen LogP contribution in [0.1, 0.15) is 15.9 Å². The molecular weight excluding hydrogens is 230 g/mol. The van der Waals surface area contributed by atoms with Crippen molar-refractivity contribution < 1.29 is 4.79 Å². The van der Waals surface area contributed by atoms with Crippen LogP contribution in [0.5, 0.6) is 0 Å². The van der Waals surface area contributed by atoms with E-state index < -0.39 is 0 Å². The Kier molecular flexibility index (Phi) is 1.78. The molecule has 1 aromatic rings. The zero-order valence-electron chi connectivity index (χ0n) is 6.54. The molecule has 0 aliphatic heterocycles. The molecule has 0 radical (unpaired) electrons. The molecule has 62 valence electrons. The minimum atomic E-state index is -0.190. The molecule has 1 aliphatic rings. The summed E-state index contributed by atoms with van der Waals surface area (Å²) in [5, 5.41) is 8.72. The molecule has 0 saturated carbocycles. The average Bonchev–Trinajstić information content (AvgIpc) is 2.41. The number of nitriles is 1. The van der Waals surface area contributed by atoms with Gasteiger partial charge in [-0.05, 0) is 15.9 Å². The van der Waals surface area contributed by atoms with Gasteiger partial charge in [-0.2, -0.15) is 5.26 Å². The quantitative estimate of drug-likeness (QED) is 0.691. The summed E-state index contributed by atoms with van der Waals surface area (Å²) in [6, 6.07) is 9.07. The minimum Gasteiger partial charge on any atom is -0.288 e. The molecule has 1 aliphatic carbocycles. The van der Waals surface area contributed by atoms with Crippen LogP contribution in [0.2, 0.25) is 0 Å². The number of halogens is 1. The molecule has 2 nitrogen and oxygen atoms in total. The fourth-order valence-corrected chi connectivity index (χ4v) is 1.96. The molecule has 0 fully saturated rings. The highest BCUT2D eigenvalue weighted by atomic mass is 79.9. The highest BCUT2D eigenvalue weighted by Crippen LogP contribution is 2.36. The molecule has 0 N–H and O–H groups in total. The van der Waals surface area contributed by atoms with Crippen molar-refractivity contribution in [3.05, 3.63) is 41.0 Å². The summed E-state index contributed by atoms with van der Waals surface area (Å²) in [6.07, 6.45) is 0. The first kappa shape index (κ1) is 8.21. The van der Waals surface area contributed by atoms with E-state index in [0.29, 0.717) is 10.0 Å². The van der Waals surface area contributed by atoms with Crippen molar-refractivity contribution in [2.24, 2.45) is 0 Å². The van der Waals surface area contributed by atoms with Gasteiger partial charge < -0.3 is 0 Å². The monoisotopic (exact) mass is 233 g/mol. The molecular formula is C10H4BrNO. The maximum Gasteiger partial charge on any atom is 0.205 e. The van der Waals surface area contributed by atoms with Crippen LogP contribution in [-0.2, 0) is 0 Å². The van der Waals surface area contributed by atoms with Crippen molar-refractivity contribution in [2.75, 3.05) is 0 Å². The maximum absolute atomic E-state index is 11.5. The number of ketones is 1. The molecule has 0 spiro atoms. The van der Waals surface area contributed by atoms with Crippen molar-refractivity contribution in [3.63, 3.8) is 0 Å². The Hall–Kier alpha value is -1.40. The van der Waals surface area contributed by atoms with Crippen LogP contribution < -0.4 is 0 Å². The van der Waals surface area contributed by atoms with Gasteiger partial charge in [-0.3, -0.25) is 4.79 Å². The number of hydrogen-bond acceptors (Lipinski definition) is 2. The molecule has 0 saturated heterocycles. The van der Waals surface area contributed by atoms with Crippen LogP contribution in [0, 0.1) is 11.3 Å². The second-order valence-corrected chi connectivity index (χ2v) is 3.47. The summed E-state index contributed by atoms with van der Waals surface area (Å²) in [5.74, 6) is -0.190. The fourth-order valence-electron chi connectivity index (χ4n) is 1.34. The molecule has 0 unspecified atom stereocenters. The van der Waals surface area contributed by atoms with Crippen LogP contribution in [0.15, 0.2) is 29.8 Å². The van der Waals surface area contributed by atoms with Crippen LogP contribution in [0.3, 0.4) is 0 Å². The van der Waals surface area contributed by atoms with Gasteiger partial charge in [0.05, 0.1) is 0 Å². The predicted molar refractivity (Wildman–Crippen MR) is 52.2 cm³/mol. The second-order valence-electron chi connectivity index (χ2n) is 2.68. The normalized spacial score (nSPS) is 14.3. The lowest BCUT2D eigenvalue weighted by Crippen LogP contribution is -1.95. The Balaban J connectivity index is 2.74. The van der Waals surface area contributed by atoms with Gasteiger partial charge >= 0.3 is 0 Å². The number of carbonyl (C=O) groups excluding carboxylic acids is 1. The standard InChI is InChI=1S/C10H4BrNO/c11-9-6-3-1-2-4-7(6)10(13)8(9)5-12/h1-4H. The van der Waals surface area contributed by atoms with Crippen LogP contribution in [0.25, 0.3) is 4.48 Å². The summed E-state index contributed by atoms with van der Waals surface area (Å²) < 4.78 is 0.607. The third-order valence-electron chi connectivity index (χ3n) is 1.97. The number of nitrogens with zero attached hydrogens (tertiary/aromatic N) is 1. The van der Waals surface area contributed by atoms with E-state index in [2.05, 4.69) is 15.9 Å². The Morgan fingerprint density at radius 1 is 1.23 bits per heavy atom. The molecule has 1 aromatic carbocycles. The van der Waals surface area contributed by atoms with Gasteiger partial charge in [0, 0.05) is 15.6 Å². The zero-order chi connectivity index (χ0) is 9.42. The number of rotatable bonds is 0. The molecule has 0 aromatic heterocycles. The fraction of sp³-hybridized carbons (Fsp3) is 0. The van der Waals surface area contributed by atoms with Crippen molar-refractivity contribution in [1.29, 1.82) is 5.26 Å². The maximum atomic E-state index is 11.5. The molecule has 0 bridgehead atoms. The number of Topliss-reactive ketones (excluding diaryl/α,β-unsaturated/α-hetero) is 1. The van der Waals surface area contributed by atoms with E-state index in [1.807, 2.05) is 18.2 Å². The smallest absolute Gasteiger partial charge is 0.205 e. The minimum absolute atomic E-state index is 0.190. The van der Waals surface area contributed by atoms with Crippen molar-refractivity contribution >= 4 is 26.2 Å². The van der Waals surface area contributed by atoms with E-state index in [9.17, 15) is 4.79 Å². The lowest BCUT2D eigenvalue weighted by Gasteiger charge is -1.94. The van der Waals surface area contributed by atoms with Gasteiger partial charge in [0.25, 0.3) is 0 Å². The summed E-state index contributed by atoms with van der Waals surface area (Å²) in [4.78, 5) is 11.5. The number of fused-ring (bicyclic) bond motifs is 1. The summed E-state index contributed by atoms with van der Waals surface area (Å²) in [6.45, 7) is 0. The van der Waals surface area contributed by atoms with Gasteiger partial charge in [-0.25, -0.2) is 0 Å². The Morgan fingerprint density at radius 3 is 2.38 bits per heavy atom. The van der Waals surface area contributed by atoms with Gasteiger partial charge in [-0.1, -0.05) is 24.3 Å². The van der Waals surface area contributed by atoms with Gasteiger partial charge in [0.1, 0.15) is 11.6 Å². The van der Waals surface area contributed by atoms with E-state index in [1.54, 1.807) is 12.1 Å². The van der Waals surface area contributed by atoms with Crippen LogP contribution in [0.4, 0.5) is 0 Å². The highest BCUT2D eigenvalue weighted by molar-refractivity contribution is 9.15. The predicted octanol–water partition coefficient (Wildman–Crippen LogP) is 2.51. The molecule has 0 heterocycles.